The Balaban J connectivity index is 2.50. The summed E-state index contributed by atoms with van der Waals surface area (Å²) in [5.74, 6) is 0.819. The van der Waals surface area contributed by atoms with Crippen LogP contribution in [0.25, 0.3) is 0 Å². The van der Waals surface area contributed by atoms with E-state index in [9.17, 15) is 4.79 Å². The molecule has 0 N–H and O–H groups in total. The molecule has 0 atom stereocenters. The zero-order chi connectivity index (χ0) is 12.8. The molecular formula is C13H20ClNOS. The predicted octanol–water partition coefficient (Wildman–Crippen LogP) is 4.19. The molecule has 1 rings (SSSR count). The number of rotatable bonds is 6. The van der Waals surface area contributed by atoms with Gasteiger partial charge in [0, 0.05) is 17.8 Å². The number of amides is 1. The SMILES string of the molecule is CCN(Cc1ccc(Cl)s1)C(=O)CCC(C)C. The van der Waals surface area contributed by atoms with Gasteiger partial charge in [-0.15, -0.1) is 11.3 Å². The van der Waals surface area contributed by atoms with Crippen molar-refractivity contribution < 1.29 is 4.79 Å². The van der Waals surface area contributed by atoms with Gasteiger partial charge in [-0.05, 0) is 31.4 Å². The number of halogens is 1. The normalized spacial score (nSPS) is 10.9. The van der Waals surface area contributed by atoms with Crippen molar-refractivity contribution in [3.63, 3.8) is 0 Å². The molecule has 0 unspecified atom stereocenters. The second-order valence-electron chi connectivity index (χ2n) is 4.55. The van der Waals surface area contributed by atoms with Gasteiger partial charge in [0.1, 0.15) is 0 Å². The molecule has 96 valence electrons. The first kappa shape index (κ1) is 14.5. The maximum Gasteiger partial charge on any atom is 0.222 e. The Morgan fingerprint density at radius 2 is 2.18 bits per heavy atom. The Hall–Kier alpha value is -0.540. The van der Waals surface area contributed by atoms with Crippen molar-refractivity contribution in [1.29, 1.82) is 0 Å². The lowest BCUT2D eigenvalue weighted by atomic mass is 10.1. The van der Waals surface area contributed by atoms with Gasteiger partial charge in [0.25, 0.3) is 0 Å². The van der Waals surface area contributed by atoms with E-state index in [0.717, 1.165) is 22.2 Å². The molecule has 1 heterocycles. The molecule has 0 aliphatic carbocycles. The summed E-state index contributed by atoms with van der Waals surface area (Å²) >= 11 is 7.43. The average molecular weight is 274 g/mol. The number of hydrogen-bond acceptors (Lipinski definition) is 2. The first-order valence-corrected chi connectivity index (χ1v) is 7.24. The van der Waals surface area contributed by atoms with E-state index in [0.29, 0.717) is 18.9 Å². The highest BCUT2D eigenvalue weighted by atomic mass is 35.5. The van der Waals surface area contributed by atoms with Crippen LogP contribution in [0.3, 0.4) is 0 Å². The van der Waals surface area contributed by atoms with Crippen LogP contribution in [-0.4, -0.2) is 17.4 Å². The van der Waals surface area contributed by atoms with Gasteiger partial charge in [-0.25, -0.2) is 0 Å². The minimum absolute atomic E-state index is 0.241. The Bertz CT molecular complexity index is 362. The molecule has 4 heteroatoms. The average Bonchev–Trinajstić information content (AvgIpc) is 2.68. The smallest absolute Gasteiger partial charge is 0.222 e. The van der Waals surface area contributed by atoms with Gasteiger partial charge in [-0.2, -0.15) is 0 Å². The van der Waals surface area contributed by atoms with Gasteiger partial charge in [-0.3, -0.25) is 4.79 Å². The maximum atomic E-state index is 12.0. The lowest BCUT2D eigenvalue weighted by Gasteiger charge is -2.20. The summed E-state index contributed by atoms with van der Waals surface area (Å²) in [6.07, 6.45) is 1.60. The third kappa shape index (κ3) is 5.09. The van der Waals surface area contributed by atoms with Crippen LogP contribution in [0.5, 0.6) is 0 Å². The minimum Gasteiger partial charge on any atom is -0.338 e. The lowest BCUT2D eigenvalue weighted by Crippen LogP contribution is -2.29. The quantitative estimate of drug-likeness (QED) is 0.761. The van der Waals surface area contributed by atoms with Gasteiger partial charge >= 0.3 is 0 Å². The maximum absolute atomic E-state index is 12.0. The first-order chi connectivity index (χ1) is 8.02. The molecule has 17 heavy (non-hydrogen) atoms. The molecule has 0 radical (unpaired) electrons. The van der Waals surface area contributed by atoms with Crippen molar-refractivity contribution in [2.75, 3.05) is 6.54 Å². The van der Waals surface area contributed by atoms with Crippen molar-refractivity contribution >= 4 is 28.8 Å². The van der Waals surface area contributed by atoms with E-state index in [1.807, 2.05) is 24.0 Å². The Morgan fingerprint density at radius 1 is 1.47 bits per heavy atom. The second-order valence-corrected chi connectivity index (χ2v) is 6.35. The molecule has 0 aliphatic rings. The Morgan fingerprint density at radius 3 is 2.65 bits per heavy atom. The fraction of sp³-hybridized carbons (Fsp3) is 0.615. The van der Waals surface area contributed by atoms with Crippen LogP contribution in [0.2, 0.25) is 4.34 Å². The van der Waals surface area contributed by atoms with Crippen molar-refractivity contribution in [3.05, 3.63) is 21.3 Å². The Labute approximate surface area is 113 Å². The molecule has 0 saturated carbocycles. The van der Waals surface area contributed by atoms with Crippen LogP contribution in [0.15, 0.2) is 12.1 Å². The van der Waals surface area contributed by atoms with Crippen molar-refractivity contribution in [2.24, 2.45) is 5.92 Å². The summed E-state index contributed by atoms with van der Waals surface area (Å²) in [4.78, 5) is 15.0. The highest BCUT2D eigenvalue weighted by Crippen LogP contribution is 2.23. The van der Waals surface area contributed by atoms with Crippen LogP contribution in [0.4, 0.5) is 0 Å². The van der Waals surface area contributed by atoms with Crippen molar-refractivity contribution in [3.8, 4) is 0 Å². The molecule has 0 aromatic carbocycles. The predicted molar refractivity (Wildman–Crippen MR) is 74.5 cm³/mol. The highest BCUT2D eigenvalue weighted by molar-refractivity contribution is 7.16. The van der Waals surface area contributed by atoms with E-state index >= 15 is 0 Å². The molecule has 2 nitrogen and oxygen atoms in total. The summed E-state index contributed by atoms with van der Waals surface area (Å²) in [5.41, 5.74) is 0. The molecular weight excluding hydrogens is 254 g/mol. The summed E-state index contributed by atoms with van der Waals surface area (Å²) in [6, 6.07) is 3.87. The van der Waals surface area contributed by atoms with Crippen LogP contribution in [0.1, 0.15) is 38.5 Å². The van der Waals surface area contributed by atoms with Crippen LogP contribution < -0.4 is 0 Å². The third-order valence-electron chi connectivity index (χ3n) is 2.65. The van der Waals surface area contributed by atoms with E-state index in [-0.39, 0.29) is 5.91 Å². The van der Waals surface area contributed by atoms with E-state index < -0.39 is 0 Å². The molecule has 0 fully saturated rings. The van der Waals surface area contributed by atoms with Gasteiger partial charge in [0.05, 0.1) is 10.9 Å². The van der Waals surface area contributed by atoms with E-state index in [2.05, 4.69) is 13.8 Å². The van der Waals surface area contributed by atoms with E-state index in [1.54, 1.807) is 11.3 Å². The summed E-state index contributed by atoms with van der Waals surface area (Å²) in [5, 5.41) is 0. The molecule has 0 bridgehead atoms. The fourth-order valence-corrected chi connectivity index (χ4v) is 2.67. The highest BCUT2D eigenvalue weighted by Gasteiger charge is 2.13. The van der Waals surface area contributed by atoms with Gasteiger partial charge in [0.2, 0.25) is 5.91 Å². The number of thiophene rings is 1. The fourth-order valence-electron chi connectivity index (χ4n) is 1.57. The molecule has 1 aromatic rings. The summed E-state index contributed by atoms with van der Waals surface area (Å²) in [7, 11) is 0. The van der Waals surface area contributed by atoms with E-state index in [4.69, 9.17) is 11.6 Å². The van der Waals surface area contributed by atoms with Crippen LogP contribution in [-0.2, 0) is 11.3 Å². The monoisotopic (exact) mass is 273 g/mol. The molecule has 1 aromatic heterocycles. The van der Waals surface area contributed by atoms with Gasteiger partial charge in [-0.1, -0.05) is 25.4 Å². The number of nitrogens with zero attached hydrogens (tertiary/aromatic N) is 1. The molecule has 0 spiro atoms. The first-order valence-electron chi connectivity index (χ1n) is 6.05. The summed E-state index contributed by atoms with van der Waals surface area (Å²) < 4.78 is 0.783. The zero-order valence-electron chi connectivity index (χ0n) is 10.7. The lowest BCUT2D eigenvalue weighted by molar-refractivity contribution is -0.131. The number of carbonyl (C=O) groups is 1. The van der Waals surface area contributed by atoms with Crippen LogP contribution in [0, 0.1) is 5.92 Å². The molecule has 1 amide bonds. The van der Waals surface area contributed by atoms with Crippen LogP contribution >= 0.6 is 22.9 Å². The van der Waals surface area contributed by atoms with Gasteiger partial charge in [0.15, 0.2) is 0 Å². The molecule has 0 aliphatic heterocycles. The number of carbonyl (C=O) groups excluding carboxylic acids is 1. The van der Waals surface area contributed by atoms with Crippen molar-refractivity contribution in [2.45, 2.75) is 40.2 Å². The zero-order valence-corrected chi connectivity index (χ0v) is 12.3. The Kier molecular flexibility index (Phi) is 6.00. The standard InChI is InChI=1S/C13H20ClNOS/c1-4-15(13(16)8-5-10(2)3)9-11-6-7-12(14)17-11/h6-7,10H,4-5,8-9H2,1-3H3. The molecule has 0 saturated heterocycles. The largest absolute Gasteiger partial charge is 0.338 e. The summed E-state index contributed by atoms with van der Waals surface area (Å²) in [6.45, 7) is 7.74. The van der Waals surface area contributed by atoms with E-state index in [1.165, 1.54) is 0 Å². The topological polar surface area (TPSA) is 20.3 Å². The van der Waals surface area contributed by atoms with Gasteiger partial charge < -0.3 is 4.90 Å². The minimum atomic E-state index is 0.241. The van der Waals surface area contributed by atoms with Crippen molar-refractivity contribution in [1.82, 2.24) is 4.90 Å². The number of hydrogen-bond donors (Lipinski definition) is 0. The third-order valence-corrected chi connectivity index (χ3v) is 3.86. The second kappa shape index (κ2) is 7.02.